The summed E-state index contributed by atoms with van der Waals surface area (Å²) in [6.45, 7) is 0. The molecule has 8 nitrogen and oxygen atoms in total. The van der Waals surface area contributed by atoms with E-state index in [0.29, 0.717) is 27.8 Å². The summed E-state index contributed by atoms with van der Waals surface area (Å²) in [6, 6.07) is 5.71. The topological polar surface area (TPSA) is 137 Å². The number of carbonyl (C=O) groups excluding carboxylic acids is 1. The molecule has 5 rings (SSSR count). The Kier molecular flexibility index (Phi) is 4.56. The fourth-order valence-corrected chi connectivity index (χ4v) is 5.03. The van der Waals surface area contributed by atoms with Crippen LogP contribution in [-0.4, -0.2) is 45.5 Å². The average molecular weight is 438 g/mol. The number of phenols is 3. The Balaban J connectivity index is 1.81. The van der Waals surface area contributed by atoms with E-state index in [-0.39, 0.29) is 58.0 Å². The van der Waals surface area contributed by atoms with E-state index in [2.05, 4.69) is 0 Å². The standard InChI is InChI=1S/C24H22O8/c1-31-17-5-9(25)3-15-19(17)23(29)13-8-14-12(7-11(13)21(15)27)22(28)16-4-10(26)6-18(32-2)20(16)24(14)30/h3,5,7-8,18,21,23,25,27-30H,4,6H2,1-2H3. The zero-order chi connectivity index (χ0) is 22.9. The van der Waals surface area contributed by atoms with E-state index in [9.17, 15) is 30.3 Å². The van der Waals surface area contributed by atoms with Gasteiger partial charge in [-0.15, -0.1) is 0 Å². The molecule has 3 aromatic carbocycles. The predicted octanol–water partition coefficient (Wildman–Crippen LogP) is 2.64. The molecule has 8 heteroatoms. The van der Waals surface area contributed by atoms with Crippen LogP contribution in [0.4, 0.5) is 0 Å². The monoisotopic (exact) mass is 438 g/mol. The highest BCUT2D eigenvalue weighted by atomic mass is 16.5. The Hall–Kier alpha value is -3.33. The van der Waals surface area contributed by atoms with Gasteiger partial charge in [0.2, 0.25) is 0 Å². The van der Waals surface area contributed by atoms with Gasteiger partial charge >= 0.3 is 0 Å². The molecule has 0 saturated heterocycles. The number of ether oxygens (including phenoxy) is 2. The third-order valence-corrected chi connectivity index (χ3v) is 6.53. The lowest BCUT2D eigenvalue weighted by atomic mass is 9.78. The highest BCUT2D eigenvalue weighted by molar-refractivity contribution is 6.00. The SMILES string of the molecule is COc1cc(O)cc2c1C(O)c1cc3c(O)c4c(c(O)c3cc1C2O)CC(=O)CC4OC. The van der Waals surface area contributed by atoms with Crippen LogP contribution in [0.3, 0.4) is 0 Å². The van der Waals surface area contributed by atoms with E-state index >= 15 is 0 Å². The van der Waals surface area contributed by atoms with Crippen LogP contribution in [-0.2, 0) is 16.0 Å². The number of fused-ring (bicyclic) bond motifs is 4. The maximum Gasteiger partial charge on any atom is 0.140 e. The number of rotatable bonds is 2. The van der Waals surface area contributed by atoms with Gasteiger partial charge in [0.15, 0.2) is 0 Å². The molecule has 0 aliphatic heterocycles. The third kappa shape index (κ3) is 2.70. The van der Waals surface area contributed by atoms with Crippen LogP contribution in [0.5, 0.6) is 23.0 Å². The number of methoxy groups -OCH3 is 2. The summed E-state index contributed by atoms with van der Waals surface area (Å²) in [6.07, 6.45) is -3.08. The number of phenolic OH excluding ortho intramolecular Hbond substituents is 3. The molecule has 0 bridgehead atoms. The summed E-state index contributed by atoms with van der Waals surface area (Å²) >= 11 is 0. The van der Waals surface area contributed by atoms with Crippen molar-refractivity contribution < 1.29 is 39.8 Å². The molecular weight excluding hydrogens is 416 g/mol. The summed E-state index contributed by atoms with van der Waals surface area (Å²) in [4.78, 5) is 12.2. The first-order valence-corrected chi connectivity index (χ1v) is 10.1. The van der Waals surface area contributed by atoms with Gasteiger partial charge in [-0.1, -0.05) is 0 Å². The van der Waals surface area contributed by atoms with Gasteiger partial charge in [0.1, 0.15) is 41.0 Å². The highest BCUT2D eigenvalue weighted by Crippen LogP contribution is 2.52. The van der Waals surface area contributed by atoms with Gasteiger partial charge in [-0.25, -0.2) is 0 Å². The Morgan fingerprint density at radius 2 is 1.50 bits per heavy atom. The van der Waals surface area contributed by atoms with E-state index in [1.54, 1.807) is 0 Å². The van der Waals surface area contributed by atoms with Crippen LogP contribution in [0.1, 0.15) is 58.1 Å². The van der Waals surface area contributed by atoms with Gasteiger partial charge in [0.05, 0.1) is 13.2 Å². The largest absolute Gasteiger partial charge is 0.508 e. The van der Waals surface area contributed by atoms with E-state index in [0.717, 1.165) is 0 Å². The quantitative estimate of drug-likeness (QED) is 0.385. The molecule has 0 spiro atoms. The lowest BCUT2D eigenvalue weighted by Gasteiger charge is -2.32. The van der Waals surface area contributed by atoms with E-state index in [4.69, 9.17) is 9.47 Å². The number of hydrogen-bond acceptors (Lipinski definition) is 8. The van der Waals surface area contributed by atoms with Crippen LogP contribution in [0.15, 0.2) is 24.3 Å². The molecular formula is C24H22O8. The number of ketones is 1. The molecule has 3 atom stereocenters. The number of aliphatic hydroxyl groups is 2. The minimum atomic E-state index is -1.22. The van der Waals surface area contributed by atoms with Crippen LogP contribution in [0.25, 0.3) is 10.8 Å². The Bertz CT molecular complexity index is 1300. The van der Waals surface area contributed by atoms with Crippen molar-refractivity contribution in [3.63, 3.8) is 0 Å². The van der Waals surface area contributed by atoms with Crippen molar-refractivity contribution in [3.05, 3.63) is 57.6 Å². The summed E-state index contributed by atoms with van der Waals surface area (Å²) in [5.41, 5.74) is 1.88. The Morgan fingerprint density at radius 3 is 2.16 bits per heavy atom. The average Bonchev–Trinajstić information content (AvgIpc) is 2.78. The molecule has 0 amide bonds. The molecule has 0 radical (unpaired) electrons. The number of carbonyl (C=O) groups is 1. The van der Waals surface area contributed by atoms with Gasteiger partial charge in [0.25, 0.3) is 0 Å². The molecule has 0 fully saturated rings. The van der Waals surface area contributed by atoms with E-state index in [1.165, 1.54) is 38.5 Å². The molecule has 166 valence electrons. The van der Waals surface area contributed by atoms with Crippen LogP contribution in [0, 0.1) is 0 Å². The first kappa shape index (κ1) is 20.6. The van der Waals surface area contributed by atoms with Crippen LogP contribution in [0.2, 0.25) is 0 Å². The van der Waals surface area contributed by atoms with Crippen molar-refractivity contribution in [3.8, 4) is 23.0 Å². The minimum Gasteiger partial charge on any atom is -0.508 e. The number of benzene rings is 3. The van der Waals surface area contributed by atoms with Gasteiger partial charge in [-0.3, -0.25) is 4.79 Å². The van der Waals surface area contributed by atoms with Crippen molar-refractivity contribution in [2.24, 2.45) is 0 Å². The van der Waals surface area contributed by atoms with Crippen molar-refractivity contribution in [1.82, 2.24) is 0 Å². The van der Waals surface area contributed by atoms with Gasteiger partial charge < -0.3 is 35.0 Å². The molecule has 2 aliphatic carbocycles. The molecule has 32 heavy (non-hydrogen) atoms. The fraction of sp³-hybridized carbons (Fsp3) is 0.292. The Morgan fingerprint density at radius 1 is 0.844 bits per heavy atom. The summed E-state index contributed by atoms with van der Waals surface area (Å²) in [5.74, 6) is -0.349. The van der Waals surface area contributed by atoms with Gasteiger partial charge in [-0.05, 0) is 34.9 Å². The second kappa shape index (κ2) is 7.09. The predicted molar refractivity (Wildman–Crippen MR) is 113 cm³/mol. The van der Waals surface area contributed by atoms with Crippen LogP contribution >= 0.6 is 0 Å². The minimum absolute atomic E-state index is 0.0410. The number of aromatic hydroxyl groups is 3. The molecule has 3 unspecified atom stereocenters. The van der Waals surface area contributed by atoms with E-state index < -0.39 is 18.3 Å². The first-order chi connectivity index (χ1) is 15.3. The molecule has 2 aliphatic rings. The molecule has 0 saturated carbocycles. The van der Waals surface area contributed by atoms with E-state index in [1.807, 2.05) is 0 Å². The molecule has 5 N–H and O–H groups in total. The van der Waals surface area contributed by atoms with Crippen molar-refractivity contribution in [1.29, 1.82) is 0 Å². The smallest absolute Gasteiger partial charge is 0.140 e. The van der Waals surface area contributed by atoms with Crippen molar-refractivity contribution >= 4 is 16.6 Å². The molecule has 3 aromatic rings. The number of aliphatic hydroxyl groups excluding tert-OH is 2. The van der Waals surface area contributed by atoms with Crippen molar-refractivity contribution in [2.75, 3.05) is 14.2 Å². The second-order valence-corrected chi connectivity index (χ2v) is 8.22. The van der Waals surface area contributed by atoms with Crippen molar-refractivity contribution in [2.45, 2.75) is 31.2 Å². The number of Topliss-reactive ketones (excluding diaryl/α,β-unsaturated/α-hetero) is 1. The van der Waals surface area contributed by atoms with Gasteiger partial charge in [-0.2, -0.15) is 0 Å². The molecule has 0 aromatic heterocycles. The maximum atomic E-state index is 12.2. The summed E-state index contributed by atoms with van der Waals surface area (Å²) in [5, 5.41) is 54.8. The maximum absolute atomic E-state index is 12.2. The summed E-state index contributed by atoms with van der Waals surface area (Å²) in [7, 11) is 2.83. The Labute approximate surface area is 182 Å². The summed E-state index contributed by atoms with van der Waals surface area (Å²) < 4.78 is 10.7. The van der Waals surface area contributed by atoms with Gasteiger partial charge in [0, 0.05) is 53.5 Å². The second-order valence-electron chi connectivity index (χ2n) is 8.22. The third-order valence-electron chi connectivity index (χ3n) is 6.53. The highest BCUT2D eigenvalue weighted by Gasteiger charge is 2.37. The normalized spacial score (nSPS) is 21.8. The fourth-order valence-electron chi connectivity index (χ4n) is 5.03. The zero-order valence-corrected chi connectivity index (χ0v) is 17.4. The molecule has 0 heterocycles. The van der Waals surface area contributed by atoms with Crippen LogP contribution < -0.4 is 4.74 Å². The zero-order valence-electron chi connectivity index (χ0n) is 17.4. The lowest BCUT2D eigenvalue weighted by molar-refractivity contribution is -0.121. The first-order valence-electron chi connectivity index (χ1n) is 10.1. The lowest BCUT2D eigenvalue weighted by Crippen LogP contribution is -2.21. The number of hydrogen-bond donors (Lipinski definition) is 5.